The fraction of sp³-hybridized carbons (Fsp3) is 0.500. The summed E-state index contributed by atoms with van der Waals surface area (Å²) in [5.74, 6) is 0.199. The normalized spacial score (nSPS) is 23.6. The SMILES string of the molecule is C[C@H]1[C@H](C)CCC[C@@H]1NC(=O)COC(=O)c1ccc(C#N)cc1. The molecule has 2 rings (SSSR count). The number of amides is 1. The fourth-order valence-corrected chi connectivity index (χ4v) is 2.93. The molecule has 122 valence electrons. The number of nitrogens with zero attached hydrogens (tertiary/aromatic N) is 1. The average molecular weight is 314 g/mol. The van der Waals surface area contributed by atoms with E-state index in [0.717, 1.165) is 12.8 Å². The first-order valence-corrected chi connectivity index (χ1v) is 7.98. The molecule has 5 nitrogen and oxygen atoms in total. The molecular weight excluding hydrogens is 292 g/mol. The Balaban J connectivity index is 1.81. The Morgan fingerprint density at radius 2 is 1.96 bits per heavy atom. The van der Waals surface area contributed by atoms with Crippen molar-refractivity contribution in [1.82, 2.24) is 5.32 Å². The van der Waals surface area contributed by atoms with Crippen LogP contribution < -0.4 is 5.32 Å². The van der Waals surface area contributed by atoms with E-state index in [-0.39, 0.29) is 18.6 Å². The van der Waals surface area contributed by atoms with Crippen molar-refractivity contribution >= 4 is 11.9 Å². The molecule has 5 heteroatoms. The number of carbonyl (C=O) groups excluding carboxylic acids is 2. The van der Waals surface area contributed by atoms with Gasteiger partial charge in [-0.1, -0.05) is 26.7 Å². The van der Waals surface area contributed by atoms with Crippen LogP contribution in [-0.2, 0) is 9.53 Å². The second kappa shape index (κ2) is 7.77. The molecule has 1 N–H and O–H groups in total. The maximum atomic E-state index is 12.0. The van der Waals surface area contributed by atoms with Crippen LogP contribution in [0.1, 0.15) is 49.0 Å². The van der Waals surface area contributed by atoms with Crippen LogP contribution in [0.15, 0.2) is 24.3 Å². The van der Waals surface area contributed by atoms with E-state index in [4.69, 9.17) is 10.00 Å². The molecule has 0 spiro atoms. The Kier molecular flexibility index (Phi) is 5.75. The largest absolute Gasteiger partial charge is 0.452 e. The quantitative estimate of drug-likeness (QED) is 0.867. The molecule has 1 aromatic rings. The van der Waals surface area contributed by atoms with Crippen LogP contribution in [0.3, 0.4) is 0 Å². The number of nitriles is 1. The van der Waals surface area contributed by atoms with Crippen LogP contribution in [-0.4, -0.2) is 24.5 Å². The molecule has 1 saturated carbocycles. The van der Waals surface area contributed by atoms with Crippen LogP contribution in [0.5, 0.6) is 0 Å². The van der Waals surface area contributed by atoms with E-state index in [1.807, 2.05) is 6.07 Å². The van der Waals surface area contributed by atoms with Gasteiger partial charge in [-0.05, 0) is 42.5 Å². The molecule has 0 aromatic heterocycles. The first-order valence-electron chi connectivity index (χ1n) is 7.98. The first kappa shape index (κ1) is 17.0. The van der Waals surface area contributed by atoms with Crippen molar-refractivity contribution in [3.8, 4) is 6.07 Å². The van der Waals surface area contributed by atoms with E-state index in [2.05, 4.69) is 19.2 Å². The van der Waals surface area contributed by atoms with Crippen molar-refractivity contribution in [2.24, 2.45) is 11.8 Å². The zero-order valence-corrected chi connectivity index (χ0v) is 13.5. The number of ether oxygens (including phenoxy) is 1. The predicted octanol–water partition coefficient (Wildman–Crippen LogP) is 2.66. The second-order valence-electron chi connectivity index (χ2n) is 6.21. The lowest BCUT2D eigenvalue weighted by Gasteiger charge is -2.34. The summed E-state index contributed by atoms with van der Waals surface area (Å²) in [7, 11) is 0. The summed E-state index contributed by atoms with van der Waals surface area (Å²) in [6, 6.07) is 8.25. The van der Waals surface area contributed by atoms with Gasteiger partial charge in [-0.25, -0.2) is 4.79 Å². The highest BCUT2D eigenvalue weighted by molar-refractivity contribution is 5.91. The number of benzene rings is 1. The number of hydrogen-bond acceptors (Lipinski definition) is 4. The first-order chi connectivity index (χ1) is 11.0. The average Bonchev–Trinajstić information content (AvgIpc) is 2.57. The Morgan fingerprint density at radius 3 is 2.61 bits per heavy atom. The van der Waals surface area contributed by atoms with E-state index >= 15 is 0 Å². The van der Waals surface area contributed by atoms with Gasteiger partial charge >= 0.3 is 5.97 Å². The van der Waals surface area contributed by atoms with Gasteiger partial charge < -0.3 is 10.1 Å². The Labute approximate surface area is 136 Å². The molecule has 1 aromatic carbocycles. The molecule has 1 aliphatic carbocycles. The predicted molar refractivity (Wildman–Crippen MR) is 85.5 cm³/mol. The minimum Gasteiger partial charge on any atom is -0.452 e. The standard InChI is InChI=1S/C18H22N2O3/c1-12-4-3-5-16(13(12)2)20-17(21)11-23-18(22)15-8-6-14(10-19)7-9-15/h6-9,12-13,16H,3-5,11H2,1-2H3,(H,20,21)/t12-,13+,16+/m1/s1. The van der Waals surface area contributed by atoms with Crippen molar-refractivity contribution in [2.45, 2.75) is 39.2 Å². The number of rotatable bonds is 4. The second-order valence-corrected chi connectivity index (χ2v) is 6.21. The van der Waals surface area contributed by atoms with Crippen LogP contribution in [0.25, 0.3) is 0 Å². The van der Waals surface area contributed by atoms with E-state index in [1.165, 1.54) is 18.6 Å². The molecular formula is C18H22N2O3. The number of carbonyl (C=O) groups is 2. The van der Waals surface area contributed by atoms with Gasteiger partial charge in [-0.3, -0.25) is 4.79 Å². The summed E-state index contributed by atoms with van der Waals surface area (Å²) in [4.78, 5) is 23.8. The number of esters is 1. The van der Waals surface area contributed by atoms with Gasteiger partial charge in [-0.2, -0.15) is 5.26 Å². The number of hydrogen-bond donors (Lipinski definition) is 1. The van der Waals surface area contributed by atoms with Crippen LogP contribution >= 0.6 is 0 Å². The molecule has 23 heavy (non-hydrogen) atoms. The summed E-state index contributed by atoms with van der Waals surface area (Å²) in [5, 5.41) is 11.7. The lowest BCUT2D eigenvalue weighted by Crippen LogP contribution is -2.45. The molecule has 0 saturated heterocycles. The maximum Gasteiger partial charge on any atom is 0.338 e. The Bertz CT molecular complexity index is 604. The van der Waals surface area contributed by atoms with Gasteiger partial charge in [0.05, 0.1) is 17.2 Å². The molecule has 1 aliphatic rings. The van der Waals surface area contributed by atoms with E-state index in [1.54, 1.807) is 12.1 Å². The monoisotopic (exact) mass is 314 g/mol. The highest BCUT2D eigenvalue weighted by Gasteiger charge is 2.28. The number of nitrogens with one attached hydrogen (secondary N) is 1. The third kappa shape index (κ3) is 4.56. The topological polar surface area (TPSA) is 79.2 Å². The fourth-order valence-electron chi connectivity index (χ4n) is 2.93. The summed E-state index contributed by atoms with van der Waals surface area (Å²) in [6.45, 7) is 4.07. The third-order valence-electron chi connectivity index (χ3n) is 4.64. The lowest BCUT2D eigenvalue weighted by atomic mass is 9.78. The third-order valence-corrected chi connectivity index (χ3v) is 4.64. The van der Waals surface area contributed by atoms with Crippen LogP contribution in [0, 0.1) is 23.2 Å². The van der Waals surface area contributed by atoms with Gasteiger partial charge in [0.25, 0.3) is 5.91 Å². The maximum absolute atomic E-state index is 12.0. The van der Waals surface area contributed by atoms with E-state index in [0.29, 0.717) is 23.0 Å². The minimum absolute atomic E-state index is 0.153. The molecule has 0 radical (unpaired) electrons. The lowest BCUT2D eigenvalue weighted by molar-refractivity contribution is -0.125. The van der Waals surface area contributed by atoms with Gasteiger partial charge in [0, 0.05) is 6.04 Å². The highest BCUT2D eigenvalue weighted by atomic mass is 16.5. The zero-order valence-electron chi connectivity index (χ0n) is 13.5. The van der Waals surface area contributed by atoms with Crippen molar-refractivity contribution in [3.63, 3.8) is 0 Å². The summed E-state index contributed by atoms with van der Waals surface area (Å²) < 4.78 is 5.03. The highest BCUT2D eigenvalue weighted by Crippen LogP contribution is 2.29. The zero-order chi connectivity index (χ0) is 16.8. The van der Waals surface area contributed by atoms with Crippen molar-refractivity contribution in [3.05, 3.63) is 35.4 Å². The van der Waals surface area contributed by atoms with Gasteiger partial charge in [0.15, 0.2) is 6.61 Å². The smallest absolute Gasteiger partial charge is 0.338 e. The minimum atomic E-state index is -0.560. The molecule has 0 unspecified atom stereocenters. The van der Waals surface area contributed by atoms with E-state index in [9.17, 15) is 9.59 Å². The molecule has 0 bridgehead atoms. The molecule has 0 heterocycles. The summed E-state index contributed by atoms with van der Waals surface area (Å²) in [6.07, 6.45) is 3.28. The van der Waals surface area contributed by atoms with Crippen molar-refractivity contribution < 1.29 is 14.3 Å². The van der Waals surface area contributed by atoms with E-state index < -0.39 is 5.97 Å². The Morgan fingerprint density at radius 1 is 1.26 bits per heavy atom. The van der Waals surface area contributed by atoms with Gasteiger partial charge in [-0.15, -0.1) is 0 Å². The van der Waals surface area contributed by atoms with Crippen molar-refractivity contribution in [1.29, 1.82) is 5.26 Å². The summed E-state index contributed by atoms with van der Waals surface area (Å²) in [5.41, 5.74) is 0.802. The van der Waals surface area contributed by atoms with Crippen molar-refractivity contribution in [2.75, 3.05) is 6.61 Å². The van der Waals surface area contributed by atoms with Gasteiger partial charge in [0.1, 0.15) is 0 Å². The molecule has 1 amide bonds. The van der Waals surface area contributed by atoms with Gasteiger partial charge in [0.2, 0.25) is 0 Å². The molecule has 1 fully saturated rings. The van der Waals surface area contributed by atoms with Crippen LogP contribution in [0.2, 0.25) is 0 Å². The Hall–Kier alpha value is -2.35. The molecule has 0 aliphatic heterocycles. The van der Waals surface area contributed by atoms with Crippen LogP contribution in [0.4, 0.5) is 0 Å². The summed E-state index contributed by atoms with van der Waals surface area (Å²) >= 11 is 0. The molecule has 3 atom stereocenters.